The highest BCUT2D eigenvalue weighted by Gasteiger charge is 2.29. The zero-order valence-electron chi connectivity index (χ0n) is 12.6. The molecule has 1 aromatic carbocycles. The van der Waals surface area contributed by atoms with E-state index in [0.717, 1.165) is 6.04 Å². The van der Waals surface area contributed by atoms with E-state index in [9.17, 15) is 0 Å². The molecule has 2 fully saturated rings. The minimum atomic E-state index is 0.707. The van der Waals surface area contributed by atoms with Crippen molar-refractivity contribution >= 4 is 0 Å². The zero-order chi connectivity index (χ0) is 13.8. The fourth-order valence-electron chi connectivity index (χ4n) is 3.42. The summed E-state index contributed by atoms with van der Waals surface area (Å²) in [5.74, 6) is 0. The molecule has 1 N–H and O–H groups in total. The van der Waals surface area contributed by atoms with Gasteiger partial charge in [0.1, 0.15) is 0 Å². The van der Waals surface area contributed by atoms with Crippen LogP contribution in [-0.2, 0) is 6.42 Å². The van der Waals surface area contributed by atoms with Gasteiger partial charge in [0.15, 0.2) is 0 Å². The maximum Gasteiger partial charge on any atom is 0.0346 e. The normalized spacial score (nSPS) is 23.4. The van der Waals surface area contributed by atoms with E-state index in [4.69, 9.17) is 0 Å². The number of nitrogens with one attached hydrogen (secondary N) is 1. The predicted molar refractivity (Wildman–Crippen MR) is 84.0 cm³/mol. The van der Waals surface area contributed by atoms with Gasteiger partial charge < -0.3 is 5.32 Å². The van der Waals surface area contributed by atoms with E-state index in [2.05, 4.69) is 52.4 Å². The molecule has 110 valence electrons. The lowest BCUT2D eigenvalue weighted by Gasteiger charge is -2.45. The second-order valence-corrected chi connectivity index (χ2v) is 6.14. The molecule has 2 aliphatic rings. The molecule has 3 nitrogen and oxygen atoms in total. The van der Waals surface area contributed by atoms with Crippen LogP contribution < -0.4 is 5.32 Å². The highest BCUT2D eigenvalue weighted by molar-refractivity contribution is 5.16. The van der Waals surface area contributed by atoms with Gasteiger partial charge in [-0.25, -0.2) is 0 Å². The Labute approximate surface area is 123 Å². The van der Waals surface area contributed by atoms with Gasteiger partial charge in [0, 0.05) is 51.4 Å². The standard InChI is InChI=1S/C17H27N3/c1-2-16(12-15-6-4-3-5-7-15)19-8-10-20(11-9-19)17-13-18-14-17/h3-7,16-18H,2,8-14H2,1H3. The lowest BCUT2D eigenvalue weighted by molar-refractivity contribution is 0.0506. The molecule has 1 atom stereocenters. The van der Waals surface area contributed by atoms with Crippen molar-refractivity contribution in [3.05, 3.63) is 35.9 Å². The molecular formula is C17H27N3. The van der Waals surface area contributed by atoms with Gasteiger partial charge in [0.25, 0.3) is 0 Å². The van der Waals surface area contributed by atoms with Gasteiger partial charge in [-0.2, -0.15) is 0 Å². The van der Waals surface area contributed by atoms with Crippen molar-refractivity contribution < 1.29 is 0 Å². The van der Waals surface area contributed by atoms with E-state index in [-0.39, 0.29) is 0 Å². The molecule has 1 unspecified atom stereocenters. The number of hydrogen-bond acceptors (Lipinski definition) is 3. The van der Waals surface area contributed by atoms with Gasteiger partial charge in [0.05, 0.1) is 0 Å². The summed E-state index contributed by atoms with van der Waals surface area (Å²) < 4.78 is 0. The first-order valence-electron chi connectivity index (χ1n) is 8.09. The summed E-state index contributed by atoms with van der Waals surface area (Å²) in [4.78, 5) is 5.37. The molecule has 2 heterocycles. The molecule has 3 heteroatoms. The van der Waals surface area contributed by atoms with Crippen molar-refractivity contribution in [2.24, 2.45) is 0 Å². The first-order valence-corrected chi connectivity index (χ1v) is 8.09. The molecule has 20 heavy (non-hydrogen) atoms. The van der Waals surface area contributed by atoms with E-state index in [0.29, 0.717) is 6.04 Å². The number of hydrogen-bond donors (Lipinski definition) is 1. The molecule has 0 spiro atoms. The molecule has 0 radical (unpaired) electrons. The molecular weight excluding hydrogens is 246 g/mol. The third-order valence-electron chi connectivity index (χ3n) is 4.93. The zero-order valence-corrected chi connectivity index (χ0v) is 12.6. The third-order valence-corrected chi connectivity index (χ3v) is 4.93. The Hall–Kier alpha value is -0.900. The topological polar surface area (TPSA) is 18.5 Å². The van der Waals surface area contributed by atoms with Crippen LogP contribution in [0, 0.1) is 0 Å². The van der Waals surface area contributed by atoms with Crippen molar-refractivity contribution in [3.63, 3.8) is 0 Å². The van der Waals surface area contributed by atoms with Gasteiger partial charge in [-0.05, 0) is 18.4 Å². The summed E-state index contributed by atoms with van der Waals surface area (Å²) in [5.41, 5.74) is 1.48. The van der Waals surface area contributed by atoms with E-state index in [1.165, 1.54) is 57.7 Å². The van der Waals surface area contributed by atoms with Gasteiger partial charge in [-0.15, -0.1) is 0 Å². The largest absolute Gasteiger partial charge is 0.314 e. The Balaban J connectivity index is 1.52. The van der Waals surface area contributed by atoms with Crippen molar-refractivity contribution in [3.8, 4) is 0 Å². The number of piperazine rings is 1. The SMILES string of the molecule is CCC(Cc1ccccc1)N1CCN(C2CNC2)CC1. The molecule has 0 bridgehead atoms. The fraction of sp³-hybridized carbons (Fsp3) is 0.647. The Bertz CT molecular complexity index is 394. The van der Waals surface area contributed by atoms with Crippen molar-refractivity contribution in [2.75, 3.05) is 39.3 Å². The van der Waals surface area contributed by atoms with Crippen LogP contribution in [0.15, 0.2) is 30.3 Å². The Morgan fingerprint density at radius 3 is 2.35 bits per heavy atom. The maximum atomic E-state index is 3.38. The second-order valence-electron chi connectivity index (χ2n) is 6.14. The van der Waals surface area contributed by atoms with E-state index >= 15 is 0 Å². The smallest absolute Gasteiger partial charge is 0.0346 e. The minimum Gasteiger partial charge on any atom is -0.314 e. The first-order chi connectivity index (χ1) is 9.86. The highest BCUT2D eigenvalue weighted by Crippen LogP contribution is 2.16. The number of rotatable bonds is 5. The molecule has 0 aromatic heterocycles. The average molecular weight is 273 g/mol. The third kappa shape index (κ3) is 3.22. The lowest BCUT2D eigenvalue weighted by atomic mass is 10.0. The summed E-state index contributed by atoms with van der Waals surface area (Å²) in [6.07, 6.45) is 2.45. The number of benzene rings is 1. The summed E-state index contributed by atoms with van der Waals surface area (Å²) in [6.45, 7) is 9.69. The van der Waals surface area contributed by atoms with Crippen LogP contribution in [0.25, 0.3) is 0 Å². The molecule has 1 aromatic rings. The van der Waals surface area contributed by atoms with Crippen LogP contribution >= 0.6 is 0 Å². The summed E-state index contributed by atoms with van der Waals surface area (Å²) in [5, 5.41) is 3.38. The van der Waals surface area contributed by atoms with Gasteiger partial charge in [-0.1, -0.05) is 37.3 Å². The Kier molecular flexibility index (Phi) is 4.71. The minimum absolute atomic E-state index is 0.707. The van der Waals surface area contributed by atoms with Crippen LogP contribution in [0.5, 0.6) is 0 Å². The second kappa shape index (κ2) is 6.70. The molecule has 3 rings (SSSR count). The average Bonchev–Trinajstić information content (AvgIpc) is 2.45. The monoisotopic (exact) mass is 273 g/mol. The van der Waals surface area contributed by atoms with Crippen molar-refractivity contribution in [1.82, 2.24) is 15.1 Å². The maximum absolute atomic E-state index is 3.38. The Morgan fingerprint density at radius 2 is 1.80 bits per heavy atom. The molecule has 0 amide bonds. The van der Waals surface area contributed by atoms with Crippen molar-refractivity contribution in [1.29, 1.82) is 0 Å². The highest BCUT2D eigenvalue weighted by atomic mass is 15.3. The molecule has 2 saturated heterocycles. The van der Waals surface area contributed by atoms with Crippen LogP contribution in [0.4, 0.5) is 0 Å². The predicted octanol–water partition coefficient (Wildman–Crippen LogP) is 1.60. The first kappa shape index (κ1) is 14.1. The van der Waals surface area contributed by atoms with Gasteiger partial charge in [0.2, 0.25) is 0 Å². The lowest BCUT2D eigenvalue weighted by Crippen LogP contribution is -2.62. The van der Waals surface area contributed by atoms with E-state index < -0.39 is 0 Å². The molecule has 0 aliphatic carbocycles. The fourth-order valence-corrected chi connectivity index (χ4v) is 3.42. The van der Waals surface area contributed by atoms with Crippen molar-refractivity contribution in [2.45, 2.75) is 31.8 Å². The van der Waals surface area contributed by atoms with Crippen LogP contribution in [-0.4, -0.2) is 61.2 Å². The number of nitrogens with zero attached hydrogens (tertiary/aromatic N) is 2. The van der Waals surface area contributed by atoms with Gasteiger partial charge >= 0.3 is 0 Å². The summed E-state index contributed by atoms with van der Waals surface area (Å²) >= 11 is 0. The van der Waals surface area contributed by atoms with Gasteiger partial charge in [-0.3, -0.25) is 9.80 Å². The summed E-state index contributed by atoms with van der Waals surface area (Å²) in [6, 6.07) is 12.5. The van der Waals surface area contributed by atoms with Crippen LogP contribution in [0.1, 0.15) is 18.9 Å². The molecule has 2 aliphatic heterocycles. The summed E-state index contributed by atoms with van der Waals surface area (Å²) in [7, 11) is 0. The molecule has 0 saturated carbocycles. The van der Waals surface area contributed by atoms with E-state index in [1.54, 1.807) is 0 Å². The Morgan fingerprint density at radius 1 is 1.10 bits per heavy atom. The van der Waals surface area contributed by atoms with Crippen LogP contribution in [0.3, 0.4) is 0 Å². The quantitative estimate of drug-likeness (QED) is 0.879. The van der Waals surface area contributed by atoms with E-state index in [1.807, 2.05) is 0 Å². The van der Waals surface area contributed by atoms with Crippen LogP contribution in [0.2, 0.25) is 0 Å².